The van der Waals surface area contributed by atoms with Crippen LogP contribution in [0.2, 0.25) is 0 Å². The van der Waals surface area contributed by atoms with Crippen molar-refractivity contribution in [2.75, 3.05) is 0 Å². The molecule has 1 N–H and O–H groups in total. The third kappa shape index (κ3) is 2.58. The highest BCUT2D eigenvalue weighted by Gasteiger charge is 2.05. The topological polar surface area (TPSA) is 46.0 Å². The van der Waals surface area contributed by atoms with Crippen LogP contribution in [0.4, 0.5) is 0 Å². The highest BCUT2D eigenvalue weighted by molar-refractivity contribution is 5.05. The highest BCUT2D eigenvalue weighted by atomic mass is 16.3. The maximum Gasteiger partial charge on any atom is 0.115 e. The van der Waals surface area contributed by atoms with Gasteiger partial charge in [0.1, 0.15) is 6.33 Å². The molecule has 12 heavy (non-hydrogen) atoms. The number of aliphatic hydroxyl groups excluding tert-OH is 1. The number of hydrogen-bond donors (Lipinski definition) is 1. The highest BCUT2D eigenvalue weighted by Crippen LogP contribution is 2.16. The fraction of sp³-hybridized carbons (Fsp3) is 0.556. The Bertz CT molecular complexity index is 213. The van der Waals surface area contributed by atoms with Crippen LogP contribution in [0.25, 0.3) is 0 Å². The van der Waals surface area contributed by atoms with Crippen LogP contribution in [0.5, 0.6) is 0 Å². The first-order chi connectivity index (χ1) is 5.84. The maximum absolute atomic E-state index is 9.57. The summed E-state index contributed by atoms with van der Waals surface area (Å²) in [5.74, 6) is 0. The fourth-order valence-electron chi connectivity index (χ4n) is 1.05. The molecule has 0 amide bonds. The van der Waals surface area contributed by atoms with Crippen molar-refractivity contribution in [2.45, 2.75) is 32.3 Å². The summed E-state index contributed by atoms with van der Waals surface area (Å²) in [4.78, 5) is 7.69. The number of nitrogens with zero attached hydrogens (tertiary/aromatic N) is 2. The van der Waals surface area contributed by atoms with Crippen molar-refractivity contribution < 1.29 is 5.11 Å². The van der Waals surface area contributed by atoms with Crippen LogP contribution in [0.15, 0.2) is 18.7 Å². The average Bonchev–Trinajstić information content (AvgIpc) is 2.15. The predicted octanol–water partition coefficient (Wildman–Crippen LogP) is 1.70. The van der Waals surface area contributed by atoms with E-state index in [1.54, 1.807) is 12.4 Å². The number of aromatic nitrogens is 2. The summed E-state index contributed by atoms with van der Waals surface area (Å²) in [6.45, 7) is 2.11. The zero-order valence-electron chi connectivity index (χ0n) is 7.27. The summed E-state index contributed by atoms with van der Waals surface area (Å²) in [7, 11) is 0. The Hall–Kier alpha value is -0.960. The molecule has 0 saturated carbocycles. The van der Waals surface area contributed by atoms with Gasteiger partial charge in [0.15, 0.2) is 0 Å². The molecule has 0 fully saturated rings. The van der Waals surface area contributed by atoms with Gasteiger partial charge in [0, 0.05) is 18.0 Å². The van der Waals surface area contributed by atoms with Crippen molar-refractivity contribution in [1.82, 2.24) is 9.97 Å². The first-order valence-electron chi connectivity index (χ1n) is 4.27. The molecular weight excluding hydrogens is 152 g/mol. The predicted molar refractivity (Wildman–Crippen MR) is 46.5 cm³/mol. The van der Waals surface area contributed by atoms with Gasteiger partial charge in [-0.3, -0.25) is 0 Å². The average molecular weight is 166 g/mol. The minimum absolute atomic E-state index is 0.397. The fourth-order valence-corrected chi connectivity index (χ4v) is 1.05. The molecule has 0 saturated heterocycles. The zero-order valence-corrected chi connectivity index (χ0v) is 7.27. The monoisotopic (exact) mass is 166 g/mol. The van der Waals surface area contributed by atoms with Crippen LogP contribution in [0, 0.1) is 0 Å². The summed E-state index contributed by atoms with van der Waals surface area (Å²) in [5, 5.41) is 9.57. The molecular formula is C9H14N2O. The van der Waals surface area contributed by atoms with E-state index in [4.69, 9.17) is 0 Å². The zero-order chi connectivity index (χ0) is 8.81. The van der Waals surface area contributed by atoms with Gasteiger partial charge in [-0.25, -0.2) is 9.97 Å². The van der Waals surface area contributed by atoms with Crippen LogP contribution in [0.3, 0.4) is 0 Å². The number of hydrogen-bond acceptors (Lipinski definition) is 3. The van der Waals surface area contributed by atoms with E-state index in [1.165, 1.54) is 6.33 Å². The van der Waals surface area contributed by atoms with Gasteiger partial charge in [-0.2, -0.15) is 0 Å². The normalized spacial score (nSPS) is 12.8. The van der Waals surface area contributed by atoms with E-state index in [-0.39, 0.29) is 0 Å². The lowest BCUT2D eigenvalue weighted by molar-refractivity contribution is 0.163. The quantitative estimate of drug-likeness (QED) is 0.740. The van der Waals surface area contributed by atoms with Gasteiger partial charge >= 0.3 is 0 Å². The summed E-state index contributed by atoms with van der Waals surface area (Å²) in [6, 6.07) is 0. The van der Waals surface area contributed by atoms with E-state index in [1.807, 2.05) is 0 Å². The lowest BCUT2D eigenvalue weighted by Crippen LogP contribution is -1.98. The van der Waals surface area contributed by atoms with E-state index in [0.717, 1.165) is 24.8 Å². The molecule has 0 spiro atoms. The van der Waals surface area contributed by atoms with E-state index in [0.29, 0.717) is 0 Å². The van der Waals surface area contributed by atoms with Crippen LogP contribution in [-0.4, -0.2) is 15.1 Å². The van der Waals surface area contributed by atoms with Crippen molar-refractivity contribution in [1.29, 1.82) is 0 Å². The Morgan fingerprint density at radius 1 is 1.42 bits per heavy atom. The summed E-state index contributed by atoms with van der Waals surface area (Å²) in [6.07, 6.45) is 7.33. The van der Waals surface area contributed by atoms with Crippen molar-refractivity contribution in [3.8, 4) is 0 Å². The second kappa shape index (κ2) is 4.83. The SMILES string of the molecule is CCCCC(O)c1cncnc1. The van der Waals surface area contributed by atoms with Crippen molar-refractivity contribution >= 4 is 0 Å². The van der Waals surface area contributed by atoms with E-state index in [9.17, 15) is 5.11 Å². The molecule has 0 aliphatic heterocycles. The third-order valence-electron chi connectivity index (χ3n) is 1.80. The van der Waals surface area contributed by atoms with Crippen LogP contribution in [-0.2, 0) is 0 Å². The van der Waals surface area contributed by atoms with Crippen molar-refractivity contribution in [2.24, 2.45) is 0 Å². The molecule has 1 atom stereocenters. The number of aliphatic hydroxyl groups is 1. The van der Waals surface area contributed by atoms with E-state index < -0.39 is 6.10 Å². The molecule has 1 heterocycles. The van der Waals surface area contributed by atoms with Gasteiger partial charge in [-0.05, 0) is 6.42 Å². The van der Waals surface area contributed by atoms with Gasteiger partial charge < -0.3 is 5.11 Å². The van der Waals surface area contributed by atoms with Crippen LogP contribution in [0.1, 0.15) is 37.9 Å². The minimum Gasteiger partial charge on any atom is -0.388 e. The molecule has 0 aliphatic carbocycles. The molecule has 1 rings (SSSR count). The second-order valence-electron chi connectivity index (χ2n) is 2.83. The first-order valence-corrected chi connectivity index (χ1v) is 4.27. The summed E-state index contributed by atoms with van der Waals surface area (Å²) >= 11 is 0. The Morgan fingerprint density at radius 2 is 2.08 bits per heavy atom. The van der Waals surface area contributed by atoms with Gasteiger partial charge in [0.25, 0.3) is 0 Å². The smallest absolute Gasteiger partial charge is 0.115 e. The Morgan fingerprint density at radius 3 is 2.67 bits per heavy atom. The number of rotatable bonds is 4. The lowest BCUT2D eigenvalue weighted by Gasteiger charge is -2.07. The molecule has 0 aromatic carbocycles. The second-order valence-corrected chi connectivity index (χ2v) is 2.83. The number of unbranched alkanes of at least 4 members (excludes halogenated alkanes) is 1. The van der Waals surface area contributed by atoms with Gasteiger partial charge in [0.2, 0.25) is 0 Å². The molecule has 1 unspecified atom stereocenters. The maximum atomic E-state index is 9.57. The molecule has 0 aliphatic rings. The van der Waals surface area contributed by atoms with Crippen molar-refractivity contribution in [3.63, 3.8) is 0 Å². The molecule has 0 radical (unpaired) electrons. The standard InChI is InChI=1S/C9H14N2O/c1-2-3-4-9(12)8-5-10-7-11-6-8/h5-7,9,12H,2-4H2,1H3. The summed E-state index contributed by atoms with van der Waals surface area (Å²) in [5.41, 5.74) is 0.811. The van der Waals surface area contributed by atoms with Gasteiger partial charge in [-0.15, -0.1) is 0 Å². The third-order valence-corrected chi connectivity index (χ3v) is 1.80. The van der Waals surface area contributed by atoms with E-state index >= 15 is 0 Å². The Balaban J connectivity index is 2.48. The Labute approximate surface area is 72.5 Å². The molecule has 3 heteroatoms. The van der Waals surface area contributed by atoms with Gasteiger partial charge in [0.05, 0.1) is 6.10 Å². The minimum atomic E-state index is -0.397. The Kier molecular flexibility index (Phi) is 3.67. The molecule has 0 bridgehead atoms. The lowest BCUT2D eigenvalue weighted by atomic mass is 10.1. The molecule has 1 aromatic rings. The van der Waals surface area contributed by atoms with Crippen LogP contribution >= 0.6 is 0 Å². The van der Waals surface area contributed by atoms with E-state index in [2.05, 4.69) is 16.9 Å². The first kappa shape index (κ1) is 9.13. The van der Waals surface area contributed by atoms with Gasteiger partial charge in [-0.1, -0.05) is 19.8 Å². The molecule has 1 aromatic heterocycles. The summed E-state index contributed by atoms with van der Waals surface area (Å²) < 4.78 is 0. The van der Waals surface area contributed by atoms with Crippen LogP contribution < -0.4 is 0 Å². The van der Waals surface area contributed by atoms with Crippen molar-refractivity contribution in [3.05, 3.63) is 24.3 Å². The largest absolute Gasteiger partial charge is 0.388 e. The molecule has 66 valence electrons. The molecule has 3 nitrogen and oxygen atoms in total.